The number of carbonyl (C=O) groups is 1. The molecule has 4 nitrogen and oxygen atoms in total. The van der Waals surface area contributed by atoms with Gasteiger partial charge in [0.15, 0.2) is 0 Å². The number of carbonyl (C=O) groups excluding carboxylic acids is 1. The Morgan fingerprint density at radius 3 is 2.79 bits per heavy atom. The highest BCUT2D eigenvalue weighted by Gasteiger charge is 2.22. The average Bonchev–Trinajstić information content (AvgIpc) is 3.08. The number of nitrogens with zero attached hydrogens (tertiary/aromatic N) is 2. The lowest BCUT2D eigenvalue weighted by atomic mass is 9.88. The molecule has 4 aromatic rings. The summed E-state index contributed by atoms with van der Waals surface area (Å²) in [5.74, 6) is -0.0968. The number of hydrogen-bond acceptors (Lipinski definition) is 2. The lowest BCUT2D eigenvalue weighted by Crippen LogP contribution is -2.25. The van der Waals surface area contributed by atoms with Crippen LogP contribution in [0.3, 0.4) is 0 Å². The summed E-state index contributed by atoms with van der Waals surface area (Å²) < 4.78 is 2.11. The molecule has 0 saturated heterocycles. The predicted octanol–water partition coefficient (Wildman–Crippen LogP) is 5.07. The van der Waals surface area contributed by atoms with Gasteiger partial charge in [0.05, 0.1) is 0 Å². The van der Waals surface area contributed by atoms with E-state index in [9.17, 15) is 4.79 Å². The summed E-state index contributed by atoms with van der Waals surface area (Å²) in [6.07, 6.45) is 5.94. The van der Waals surface area contributed by atoms with Crippen molar-refractivity contribution in [1.29, 1.82) is 0 Å². The molecule has 1 amide bonds. The van der Waals surface area contributed by atoms with E-state index in [0.29, 0.717) is 18.0 Å². The van der Waals surface area contributed by atoms with Gasteiger partial charge in [-0.1, -0.05) is 48.0 Å². The molecule has 29 heavy (non-hydrogen) atoms. The number of nitrogens with one attached hydrogen (secondary N) is 1. The molecule has 1 N–H and O–H groups in total. The van der Waals surface area contributed by atoms with Gasteiger partial charge in [0.2, 0.25) is 5.91 Å². The minimum atomic E-state index is -0.0892. The van der Waals surface area contributed by atoms with Crippen LogP contribution in [-0.2, 0) is 18.4 Å². The van der Waals surface area contributed by atoms with Crippen molar-refractivity contribution in [3.8, 4) is 0 Å². The second kappa shape index (κ2) is 8.50. The first-order valence-corrected chi connectivity index (χ1v) is 9.94. The van der Waals surface area contributed by atoms with E-state index in [1.165, 1.54) is 0 Å². The zero-order chi connectivity index (χ0) is 20.2. The number of halogens is 1. The Kier molecular flexibility index (Phi) is 5.63. The van der Waals surface area contributed by atoms with Crippen molar-refractivity contribution in [1.82, 2.24) is 14.9 Å². The molecular weight excluding hydrogens is 382 g/mol. The molecule has 2 aromatic carbocycles. The molecule has 2 aromatic heterocycles. The molecule has 2 heterocycles. The first kappa shape index (κ1) is 19.2. The smallest absolute Gasteiger partial charge is 0.221 e. The Morgan fingerprint density at radius 1 is 1.14 bits per heavy atom. The molecule has 0 aliphatic carbocycles. The van der Waals surface area contributed by atoms with Crippen molar-refractivity contribution in [2.45, 2.75) is 18.9 Å². The van der Waals surface area contributed by atoms with Crippen LogP contribution in [0.25, 0.3) is 10.9 Å². The summed E-state index contributed by atoms with van der Waals surface area (Å²) in [4.78, 5) is 16.9. The molecule has 1 atom stereocenters. The van der Waals surface area contributed by atoms with Gasteiger partial charge in [-0.25, -0.2) is 0 Å². The standard InChI is InChI=1S/C24H22ClN3O/c1-28-16-22(20-9-2-3-10-23(20)28)21(18-7-4-8-19(25)12-18)13-24(29)27-15-17-6-5-11-26-14-17/h2-12,14,16,21H,13,15H2,1H3,(H,27,29). The number of para-hydroxylation sites is 1. The fraction of sp³-hybridized carbons (Fsp3) is 0.167. The Bertz CT molecular complexity index is 1140. The van der Waals surface area contributed by atoms with Crippen LogP contribution in [0.1, 0.15) is 29.0 Å². The largest absolute Gasteiger partial charge is 0.352 e. The highest BCUT2D eigenvalue weighted by molar-refractivity contribution is 6.30. The third-order valence-corrected chi connectivity index (χ3v) is 5.39. The number of hydrogen-bond donors (Lipinski definition) is 1. The molecule has 0 spiro atoms. The third-order valence-electron chi connectivity index (χ3n) is 5.16. The van der Waals surface area contributed by atoms with Crippen molar-refractivity contribution in [3.05, 3.63) is 101 Å². The molecule has 1 unspecified atom stereocenters. The summed E-state index contributed by atoms with van der Waals surface area (Å²) in [6.45, 7) is 0.463. The van der Waals surface area contributed by atoms with Gasteiger partial charge in [-0.3, -0.25) is 9.78 Å². The minimum absolute atomic E-state index is 0.00763. The van der Waals surface area contributed by atoms with E-state index in [-0.39, 0.29) is 11.8 Å². The highest BCUT2D eigenvalue weighted by atomic mass is 35.5. The van der Waals surface area contributed by atoms with Gasteiger partial charge < -0.3 is 9.88 Å². The second-order valence-corrected chi connectivity index (χ2v) is 7.60. The van der Waals surface area contributed by atoms with Crippen LogP contribution in [-0.4, -0.2) is 15.5 Å². The fourth-order valence-corrected chi connectivity index (χ4v) is 3.94. The van der Waals surface area contributed by atoms with Crippen molar-refractivity contribution in [3.63, 3.8) is 0 Å². The van der Waals surface area contributed by atoms with Crippen molar-refractivity contribution in [2.75, 3.05) is 0 Å². The molecule has 4 rings (SSSR count). The normalized spacial score (nSPS) is 12.1. The molecule has 146 valence electrons. The quantitative estimate of drug-likeness (QED) is 0.488. The van der Waals surface area contributed by atoms with E-state index in [1.807, 2.05) is 55.6 Å². The van der Waals surface area contributed by atoms with Gasteiger partial charge in [-0.05, 0) is 41.0 Å². The molecule has 0 saturated carbocycles. The van der Waals surface area contributed by atoms with Crippen LogP contribution in [0, 0.1) is 0 Å². The Labute approximate surface area is 175 Å². The first-order valence-electron chi connectivity index (χ1n) is 9.57. The van der Waals surface area contributed by atoms with Crippen molar-refractivity contribution >= 4 is 28.4 Å². The van der Waals surface area contributed by atoms with Crippen LogP contribution in [0.4, 0.5) is 0 Å². The molecule has 0 radical (unpaired) electrons. The predicted molar refractivity (Wildman–Crippen MR) is 117 cm³/mol. The number of rotatable bonds is 6. The van der Waals surface area contributed by atoms with Gasteiger partial charge >= 0.3 is 0 Å². The first-order chi connectivity index (χ1) is 14.1. The monoisotopic (exact) mass is 403 g/mol. The SMILES string of the molecule is Cn1cc(C(CC(=O)NCc2cccnc2)c2cccc(Cl)c2)c2ccccc21. The summed E-state index contributed by atoms with van der Waals surface area (Å²) in [7, 11) is 2.03. The topological polar surface area (TPSA) is 46.9 Å². The fourth-order valence-electron chi connectivity index (χ4n) is 3.74. The molecular formula is C24H22ClN3O. The molecule has 0 aliphatic heterocycles. The molecule has 0 fully saturated rings. The van der Waals surface area contributed by atoms with E-state index < -0.39 is 0 Å². The third kappa shape index (κ3) is 4.33. The second-order valence-electron chi connectivity index (χ2n) is 7.16. The van der Waals surface area contributed by atoms with Crippen molar-refractivity contribution in [2.24, 2.45) is 7.05 Å². The maximum Gasteiger partial charge on any atom is 0.221 e. The maximum absolute atomic E-state index is 12.8. The Morgan fingerprint density at radius 2 is 2.00 bits per heavy atom. The van der Waals surface area contributed by atoms with Gasteiger partial charge in [0.1, 0.15) is 0 Å². The van der Waals surface area contributed by atoms with Crippen LogP contribution < -0.4 is 5.32 Å². The number of benzene rings is 2. The van der Waals surface area contributed by atoms with Crippen LogP contribution in [0.5, 0.6) is 0 Å². The summed E-state index contributed by atoms with van der Waals surface area (Å²) in [5, 5.41) is 4.84. The number of amides is 1. The summed E-state index contributed by atoms with van der Waals surface area (Å²) in [6, 6.07) is 19.8. The van der Waals surface area contributed by atoms with Crippen molar-refractivity contribution < 1.29 is 4.79 Å². The van der Waals surface area contributed by atoms with E-state index >= 15 is 0 Å². The number of aromatic nitrogens is 2. The van der Waals surface area contributed by atoms with Crippen LogP contribution in [0.15, 0.2) is 79.3 Å². The molecule has 0 bridgehead atoms. The molecule has 0 aliphatic rings. The van der Waals surface area contributed by atoms with E-state index in [4.69, 9.17) is 11.6 Å². The zero-order valence-corrected chi connectivity index (χ0v) is 16.9. The number of aryl methyl sites for hydroxylation is 1. The summed E-state index contributed by atoms with van der Waals surface area (Å²) in [5.41, 5.74) is 4.28. The summed E-state index contributed by atoms with van der Waals surface area (Å²) >= 11 is 6.26. The minimum Gasteiger partial charge on any atom is -0.352 e. The van der Waals surface area contributed by atoms with Gasteiger partial charge in [0.25, 0.3) is 0 Å². The highest BCUT2D eigenvalue weighted by Crippen LogP contribution is 2.35. The van der Waals surface area contributed by atoms with Gasteiger partial charge in [-0.15, -0.1) is 0 Å². The van der Waals surface area contributed by atoms with Gasteiger partial charge in [0, 0.05) is 60.4 Å². The number of fused-ring (bicyclic) bond motifs is 1. The van der Waals surface area contributed by atoms with E-state index in [1.54, 1.807) is 12.4 Å². The maximum atomic E-state index is 12.8. The molecule has 5 heteroatoms. The Balaban J connectivity index is 1.65. The van der Waals surface area contributed by atoms with Crippen LogP contribution in [0.2, 0.25) is 5.02 Å². The van der Waals surface area contributed by atoms with E-state index in [2.05, 4.69) is 33.2 Å². The van der Waals surface area contributed by atoms with Crippen LogP contribution >= 0.6 is 11.6 Å². The average molecular weight is 404 g/mol. The zero-order valence-electron chi connectivity index (χ0n) is 16.2. The lowest BCUT2D eigenvalue weighted by Gasteiger charge is -2.17. The van der Waals surface area contributed by atoms with E-state index in [0.717, 1.165) is 27.6 Å². The van der Waals surface area contributed by atoms with Gasteiger partial charge in [-0.2, -0.15) is 0 Å². The lowest BCUT2D eigenvalue weighted by molar-refractivity contribution is -0.121. The Hall–Kier alpha value is -3.11. The number of pyridine rings is 1.